The van der Waals surface area contributed by atoms with E-state index in [2.05, 4.69) is 10.6 Å². The number of hydrogen-bond acceptors (Lipinski definition) is 3. The van der Waals surface area contributed by atoms with Crippen molar-refractivity contribution in [1.29, 1.82) is 0 Å². The third kappa shape index (κ3) is 3.83. The number of aliphatic carboxylic acids is 1. The van der Waals surface area contributed by atoms with Gasteiger partial charge in [-0.05, 0) is 28.0 Å². The van der Waals surface area contributed by atoms with E-state index in [9.17, 15) is 14.7 Å². The molecule has 5 nitrogen and oxygen atoms in total. The van der Waals surface area contributed by atoms with Gasteiger partial charge in [0.15, 0.2) is 6.04 Å². The second kappa shape index (κ2) is 6.72. The Bertz CT molecular complexity index is 569. The number of rotatable bonds is 5. The first-order chi connectivity index (χ1) is 9.66. The molecule has 0 aliphatic heterocycles. The van der Waals surface area contributed by atoms with E-state index in [0.29, 0.717) is 12.1 Å². The van der Waals surface area contributed by atoms with Gasteiger partial charge in [0.05, 0.1) is 0 Å². The van der Waals surface area contributed by atoms with Crippen molar-refractivity contribution in [2.24, 2.45) is 0 Å². The fourth-order valence-electron chi connectivity index (χ4n) is 1.69. The second-order valence-corrected chi connectivity index (χ2v) is 4.92. The predicted molar refractivity (Wildman–Crippen MR) is 76.5 cm³/mol. The number of carboxylic acids is 1. The van der Waals surface area contributed by atoms with Crippen LogP contribution in [0.2, 0.25) is 0 Å². The highest BCUT2D eigenvalue weighted by molar-refractivity contribution is 7.07. The molecule has 20 heavy (non-hydrogen) atoms. The van der Waals surface area contributed by atoms with Crippen molar-refractivity contribution in [3.8, 4) is 0 Å². The van der Waals surface area contributed by atoms with Gasteiger partial charge in [-0.15, -0.1) is 0 Å². The quantitative estimate of drug-likeness (QED) is 0.791. The molecular weight excluding hydrogens is 276 g/mol. The maximum absolute atomic E-state index is 11.7. The number of carboxylic acid groups (broad SMARTS) is 1. The number of carbonyl (C=O) groups is 2. The smallest absolute Gasteiger partial charge is 0.330 e. The van der Waals surface area contributed by atoms with Crippen LogP contribution in [0.25, 0.3) is 0 Å². The molecule has 0 radical (unpaired) electrons. The molecule has 2 amide bonds. The summed E-state index contributed by atoms with van der Waals surface area (Å²) in [4.78, 5) is 23.0. The highest BCUT2D eigenvalue weighted by Crippen LogP contribution is 2.12. The van der Waals surface area contributed by atoms with Crippen LogP contribution in [-0.2, 0) is 11.3 Å². The molecule has 1 aromatic carbocycles. The lowest BCUT2D eigenvalue weighted by molar-refractivity contribution is -0.139. The molecule has 0 spiro atoms. The summed E-state index contributed by atoms with van der Waals surface area (Å²) in [5.74, 6) is -1.10. The summed E-state index contributed by atoms with van der Waals surface area (Å²) in [6, 6.07) is 8.92. The van der Waals surface area contributed by atoms with Gasteiger partial charge < -0.3 is 15.7 Å². The van der Waals surface area contributed by atoms with Crippen LogP contribution in [0, 0.1) is 0 Å². The molecule has 1 aromatic heterocycles. The molecule has 1 heterocycles. The molecule has 3 N–H and O–H groups in total. The van der Waals surface area contributed by atoms with Crippen molar-refractivity contribution in [2.75, 3.05) is 0 Å². The first-order valence-electron chi connectivity index (χ1n) is 6.00. The molecule has 0 aliphatic carbocycles. The van der Waals surface area contributed by atoms with Crippen LogP contribution in [0.1, 0.15) is 17.2 Å². The van der Waals surface area contributed by atoms with Crippen LogP contribution in [-0.4, -0.2) is 17.1 Å². The average Bonchev–Trinajstić information content (AvgIpc) is 2.96. The number of nitrogens with one attached hydrogen (secondary N) is 2. The van der Waals surface area contributed by atoms with Gasteiger partial charge >= 0.3 is 12.0 Å². The summed E-state index contributed by atoms with van der Waals surface area (Å²) in [6.07, 6.45) is 0. The zero-order valence-corrected chi connectivity index (χ0v) is 11.4. The van der Waals surface area contributed by atoms with Crippen molar-refractivity contribution in [3.05, 3.63) is 58.3 Å². The predicted octanol–water partition coefficient (Wildman–Crippen LogP) is 2.37. The third-order valence-electron chi connectivity index (χ3n) is 2.69. The van der Waals surface area contributed by atoms with E-state index in [1.54, 1.807) is 41.7 Å². The van der Waals surface area contributed by atoms with E-state index >= 15 is 0 Å². The van der Waals surface area contributed by atoms with Crippen LogP contribution in [0.15, 0.2) is 47.2 Å². The molecule has 0 unspecified atom stereocenters. The molecule has 0 fully saturated rings. The monoisotopic (exact) mass is 290 g/mol. The Kier molecular flexibility index (Phi) is 4.73. The van der Waals surface area contributed by atoms with Gasteiger partial charge in [0.25, 0.3) is 0 Å². The first-order valence-corrected chi connectivity index (χ1v) is 6.94. The van der Waals surface area contributed by atoms with E-state index in [1.165, 1.54) is 0 Å². The van der Waals surface area contributed by atoms with E-state index in [4.69, 9.17) is 0 Å². The number of thiophene rings is 1. The van der Waals surface area contributed by atoms with Gasteiger partial charge in [0.2, 0.25) is 0 Å². The van der Waals surface area contributed by atoms with Crippen molar-refractivity contribution in [3.63, 3.8) is 0 Å². The second-order valence-electron chi connectivity index (χ2n) is 4.14. The molecule has 2 rings (SSSR count). The SMILES string of the molecule is O=C(NCc1ccsc1)N[C@H](C(=O)O)c1ccccc1. The molecule has 0 saturated carbocycles. The standard InChI is InChI=1S/C14H14N2O3S/c17-13(18)12(11-4-2-1-3-5-11)16-14(19)15-8-10-6-7-20-9-10/h1-7,9,12H,8H2,(H,17,18)(H2,15,16,19)/t12-/m0/s1. The molecule has 1 atom stereocenters. The van der Waals surface area contributed by atoms with Crippen LogP contribution >= 0.6 is 11.3 Å². The summed E-state index contributed by atoms with van der Waals surface area (Å²) in [7, 11) is 0. The Morgan fingerprint density at radius 3 is 2.55 bits per heavy atom. The topological polar surface area (TPSA) is 78.4 Å². The lowest BCUT2D eigenvalue weighted by atomic mass is 10.1. The number of amides is 2. The van der Waals surface area contributed by atoms with Gasteiger partial charge in [-0.3, -0.25) is 0 Å². The van der Waals surface area contributed by atoms with Crippen LogP contribution in [0.3, 0.4) is 0 Å². The minimum absolute atomic E-state index is 0.371. The molecule has 104 valence electrons. The maximum atomic E-state index is 11.7. The van der Waals surface area contributed by atoms with Crippen LogP contribution < -0.4 is 10.6 Å². The summed E-state index contributed by atoms with van der Waals surface area (Å²) >= 11 is 1.54. The van der Waals surface area contributed by atoms with Crippen molar-refractivity contribution in [1.82, 2.24) is 10.6 Å². The Morgan fingerprint density at radius 1 is 1.20 bits per heavy atom. The van der Waals surface area contributed by atoms with Crippen LogP contribution in [0.4, 0.5) is 4.79 Å². The molecule has 0 bridgehead atoms. The Labute approximate surface area is 120 Å². The number of carbonyl (C=O) groups excluding carboxylic acids is 1. The van der Waals surface area contributed by atoms with E-state index < -0.39 is 18.0 Å². The minimum atomic E-state index is -1.10. The molecule has 6 heteroatoms. The largest absolute Gasteiger partial charge is 0.479 e. The molecule has 2 aromatic rings. The molecule has 0 saturated heterocycles. The van der Waals surface area contributed by atoms with E-state index in [-0.39, 0.29) is 0 Å². The molecular formula is C14H14N2O3S. The number of benzene rings is 1. The zero-order valence-electron chi connectivity index (χ0n) is 10.6. The summed E-state index contributed by atoms with van der Waals surface area (Å²) in [5.41, 5.74) is 1.52. The summed E-state index contributed by atoms with van der Waals surface area (Å²) < 4.78 is 0. The highest BCUT2D eigenvalue weighted by Gasteiger charge is 2.21. The van der Waals surface area contributed by atoms with Gasteiger partial charge in [0.1, 0.15) is 0 Å². The lowest BCUT2D eigenvalue weighted by Crippen LogP contribution is -2.40. The number of urea groups is 1. The minimum Gasteiger partial charge on any atom is -0.479 e. The van der Waals surface area contributed by atoms with Crippen molar-refractivity contribution in [2.45, 2.75) is 12.6 Å². The third-order valence-corrected chi connectivity index (χ3v) is 3.42. The van der Waals surface area contributed by atoms with Crippen LogP contribution in [0.5, 0.6) is 0 Å². The zero-order chi connectivity index (χ0) is 14.4. The number of hydrogen-bond donors (Lipinski definition) is 3. The highest BCUT2D eigenvalue weighted by atomic mass is 32.1. The maximum Gasteiger partial charge on any atom is 0.330 e. The lowest BCUT2D eigenvalue weighted by Gasteiger charge is -2.15. The Hall–Kier alpha value is -2.34. The van der Waals surface area contributed by atoms with E-state index in [0.717, 1.165) is 5.56 Å². The average molecular weight is 290 g/mol. The molecule has 0 aliphatic rings. The fraction of sp³-hybridized carbons (Fsp3) is 0.143. The normalized spacial score (nSPS) is 11.6. The van der Waals surface area contributed by atoms with Crippen molar-refractivity contribution >= 4 is 23.3 Å². The van der Waals surface area contributed by atoms with Gasteiger partial charge in [-0.25, -0.2) is 9.59 Å². The summed E-state index contributed by atoms with van der Waals surface area (Å²) in [5, 5.41) is 18.1. The fourth-order valence-corrected chi connectivity index (χ4v) is 2.36. The van der Waals surface area contributed by atoms with Gasteiger partial charge in [-0.2, -0.15) is 11.3 Å². The first kappa shape index (κ1) is 14.1. The van der Waals surface area contributed by atoms with Crippen molar-refractivity contribution < 1.29 is 14.7 Å². The van der Waals surface area contributed by atoms with Gasteiger partial charge in [0, 0.05) is 6.54 Å². The van der Waals surface area contributed by atoms with E-state index in [1.807, 2.05) is 16.8 Å². The Morgan fingerprint density at radius 2 is 1.95 bits per heavy atom. The van der Waals surface area contributed by atoms with Gasteiger partial charge in [-0.1, -0.05) is 30.3 Å². The summed E-state index contributed by atoms with van der Waals surface area (Å²) in [6.45, 7) is 0.371. The Balaban J connectivity index is 1.95.